The van der Waals surface area contributed by atoms with E-state index in [2.05, 4.69) is 34.1 Å². The van der Waals surface area contributed by atoms with Crippen LogP contribution in [0.15, 0.2) is 82.4 Å². The highest BCUT2D eigenvalue weighted by molar-refractivity contribution is 9.10. The minimum atomic E-state index is -0.400. The molecule has 2 aliphatic heterocycles. The van der Waals surface area contributed by atoms with Crippen LogP contribution in [0.2, 0.25) is 0 Å². The van der Waals surface area contributed by atoms with Crippen LogP contribution < -0.4 is 4.74 Å². The van der Waals surface area contributed by atoms with Crippen LogP contribution in [-0.4, -0.2) is 10.7 Å². The molecule has 0 N–H and O–H groups in total. The maximum absolute atomic E-state index is 13.7. The molecule has 2 atom stereocenters. The zero-order chi connectivity index (χ0) is 18.4. The summed E-state index contributed by atoms with van der Waals surface area (Å²) >= 11 is 3.28. The molecule has 2 heterocycles. The lowest BCUT2D eigenvalue weighted by Gasteiger charge is -2.38. The fourth-order valence-electron chi connectivity index (χ4n) is 3.73. The van der Waals surface area contributed by atoms with Gasteiger partial charge in [0.05, 0.1) is 16.2 Å². The van der Waals surface area contributed by atoms with E-state index in [1.807, 2.05) is 41.4 Å². The molecule has 0 aromatic heterocycles. The number of halogens is 2. The van der Waals surface area contributed by atoms with Gasteiger partial charge in [-0.05, 0) is 39.7 Å². The third kappa shape index (κ3) is 2.82. The quantitative estimate of drug-likeness (QED) is 0.518. The first-order chi connectivity index (χ1) is 13.2. The summed E-state index contributed by atoms with van der Waals surface area (Å²) in [5.74, 6) is 0.565. The van der Waals surface area contributed by atoms with Crippen molar-refractivity contribution in [1.82, 2.24) is 5.01 Å². The molecule has 0 fully saturated rings. The van der Waals surface area contributed by atoms with Gasteiger partial charge in [0.25, 0.3) is 0 Å². The van der Waals surface area contributed by atoms with Crippen molar-refractivity contribution in [3.8, 4) is 5.75 Å². The van der Waals surface area contributed by atoms with Gasteiger partial charge in [0.15, 0.2) is 0 Å². The Kier molecular flexibility index (Phi) is 3.97. The van der Waals surface area contributed by atoms with Crippen LogP contribution in [-0.2, 0) is 0 Å². The van der Waals surface area contributed by atoms with Crippen molar-refractivity contribution in [1.29, 1.82) is 0 Å². The molecule has 134 valence electrons. The fourth-order valence-corrected chi connectivity index (χ4v) is 4.12. The number of benzene rings is 3. The van der Waals surface area contributed by atoms with Gasteiger partial charge in [0.2, 0.25) is 6.23 Å². The number of para-hydroxylation sites is 1. The van der Waals surface area contributed by atoms with Crippen molar-refractivity contribution in [3.63, 3.8) is 0 Å². The van der Waals surface area contributed by atoms with Gasteiger partial charge in [-0.15, -0.1) is 0 Å². The van der Waals surface area contributed by atoms with Crippen LogP contribution in [0.5, 0.6) is 5.75 Å². The summed E-state index contributed by atoms with van der Waals surface area (Å²) in [5, 5.41) is 6.91. The van der Waals surface area contributed by atoms with E-state index in [9.17, 15) is 4.39 Å². The molecule has 27 heavy (non-hydrogen) atoms. The molecule has 0 spiro atoms. The Morgan fingerprint density at radius 3 is 2.59 bits per heavy atom. The van der Waals surface area contributed by atoms with Crippen LogP contribution in [0, 0.1) is 5.82 Å². The number of hydrogen-bond acceptors (Lipinski definition) is 3. The van der Waals surface area contributed by atoms with E-state index in [0.29, 0.717) is 4.47 Å². The second-order valence-corrected chi connectivity index (χ2v) is 7.55. The molecular formula is C22H16BrFN2O. The van der Waals surface area contributed by atoms with Crippen molar-refractivity contribution in [2.24, 2.45) is 5.10 Å². The lowest BCUT2D eigenvalue weighted by Crippen LogP contribution is -2.33. The molecule has 0 amide bonds. The van der Waals surface area contributed by atoms with Crippen molar-refractivity contribution in [2.75, 3.05) is 0 Å². The zero-order valence-electron chi connectivity index (χ0n) is 14.3. The first kappa shape index (κ1) is 16.5. The number of rotatable bonds is 2. The number of hydrazone groups is 1. The van der Waals surface area contributed by atoms with Crippen LogP contribution in [0.3, 0.4) is 0 Å². The second-order valence-electron chi connectivity index (χ2n) is 6.69. The molecule has 0 bridgehead atoms. The molecule has 0 saturated carbocycles. The highest BCUT2D eigenvalue weighted by Crippen LogP contribution is 2.47. The smallest absolute Gasteiger partial charge is 0.213 e. The van der Waals surface area contributed by atoms with E-state index in [1.54, 1.807) is 12.1 Å². The summed E-state index contributed by atoms with van der Waals surface area (Å²) in [6, 6.07) is 23.3. The van der Waals surface area contributed by atoms with Crippen molar-refractivity contribution in [3.05, 3.63) is 99.8 Å². The van der Waals surface area contributed by atoms with Crippen molar-refractivity contribution >= 4 is 21.6 Å². The van der Waals surface area contributed by atoms with Gasteiger partial charge in [-0.2, -0.15) is 5.10 Å². The van der Waals surface area contributed by atoms with E-state index in [-0.39, 0.29) is 11.9 Å². The van der Waals surface area contributed by atoms with Gasteiger partial charge < -0.3 is 4.74 Å². The molecule has 2 aliphatic rings. The number of hydrogen-bond donors (Lipinski definition) is 0. The van der Waals surface area contributed by atoms with Crippen LogP contribution in [0.4, 0.5) is 4.39 Å². The van der Waals surface area contributed by atoms with Crippen LogP contribution >= 0.6 is 15.9 Å². The Balaban J connectivity index is 1.61. The van der Waals surface area contributed by atoms with Gasteiger partial charge in [-0.1, -0.05) is 54.6 Å². The van der Waals surface area contributed by atoms with Crippen LogP contribution in [0.25, 0.3) is 0 Å². The summed E-state index contributed by atoms with van der Waals surface area (Å²) < 4.78 is 20.4. The standard InChI is InChI=1S/C22H16BrFN2O/c23-17-12-15(10-11-18(17)24)22-26-20(16-8-4-5-9-21(16)27-22)13-19(25-26)14-6-2-1-3-7-14/h1-12,20,22H,13H2/t20-,22+/m0/s1. The fraction of sp³-hybridized carbons (Fsp3) is 0.136. The van der Waals surface area contributed by atoms with Crippen LogP contribution in [0.1, 0.15) is 35.4 Å². The molecule has 5 heteroatoms. The second kappa shape index (κ2) is 6.50. The van der Waals surface area contributed by atoms with E-state index >= 15 is 0 Å². The SMILES string of the molecule is Fc1ccc([C@H]2Oc3ccccc3[C@@H]3CC(c4ccccc4)=NN23)cc1Br. The topological polar surface area (TPSA) is 24.8 Å². The van der Waals surface area contributed by atoms with Gasteiger partial charge >= 0.3 is 0 Å². The Hall–Kier alpha value is -2.66. The molecule has 0 radical (unpaired) electrons. The predicted molar refractivity (Wildman–Crippen MR) is 106 cm³/mol. The third-order valence-electron chi connectivity index (χ3n) is 5.03. The van der Waals surface area contributed by atoms with E-state index in [0.717, 1.165) is 34.6 Å². The van der Waals surface area contributed by atoms with E-state index < -0.39 is 6.23 Å². The first-order valence-electron chi connectivity index (χ1n) is 8.82. The van der Waals surface area contributed by atoms with Crippen molar-refractivity contribution in [2.45, 2.75) is 18.7 Å². The zero-order valence-corrected chi connectivity index (χ0v) is 15.9. The third-order valence-corrected chi connectivity index (χ3v) is 5.64. The van der Waals surface area contributed by atoms with Gasteiger partial charge in [-0.3, -0.25) is 0 Å². The van der Waals surface area contributed by atoms with Gasteiger partial charge in [-0.25, -0.2) is 9.40 Å². The highest BCUT2D eigenvalue weighted by atomic mass is 79.9. The Bertz CT molecular complexity index is 1040. The van der Waals surface area contributed by atoms with Gasteiger partial charge in [0.1, 0.15) is 11.6 Å². The van der Waals surface area contributed by atoms with E-state index in [1.165, 1.54) is 6.07 Å². The Labute approximate surface area is 165 Å². The minimum Gasteiger partial charge on any atom is -0.464 e. The maximum atomic E-state index is 13.7. The summed E-state index contributed by atoms with van der Waals surface area (Å²) in [6.45, 7) is 0. The average molecular weight is 423 g/mol. The Morgan fingerprint density at radius 1 is 1.00 bits per heavy atom. The molecule has 0 saturated heterocycles. The largest absolute Gasteiger partial charge is 0.464 e. The molecular weight excluding hydrogens is 407 g/mol. The molecule has 3 nitrogen and oxygen atoms in total. The molecule has 5 rings (SSSR count). The number of fused-ring (bicyclic) bond motifs is 3. The first-order valence-corrected chi connectivity index (χ1v) is 9.62. The average Bonchev–Trinajstić information content (AvgIpc) is 3.16. The summed E-state index contributed by atoms with van der Waals surface area (Å²) in [6.07, 6.45) is 0.409. The highest BCUT2D eigenvalue weighted by Gasteiger charge is 2.40. The molecule has 0 aliphatic carbocycles. The van der Waals surface area contributed by atoms with E-state index in [4.69, 9.17) is 9.84 Å². The Morgan fingerprint density at radius 2 is 1.78 bits per heavy atom. The lowest BCUT2D eigenvalue weighted by molar-refractivity contribution is -0.0191. The summed E-state index contributed by atoms with van der Waals surface area (Å²) in [4.78, 5) is 0. The number of ether oxygens (including phenoxy) is 1. The predicted octanol–water partition coefficient (Wildman–Crippen LogP) is 5.83. The van der Waals surface area contributed by atoms with Gasteiger partial charge in [0, 0.05) is 17.5 Å². The monoisotopic (exact) mass is 422 g/mol. The molecule has 3 aromatic rings. The number of nitrogens with zero attached hydrogens (tertiary/aromatic N) is 2. The van der Waals surface area contributed by atoms with Crippen molar-refractivity contribution < 1.29 is 9.13 Å². The lowest BCUT2D eigenvalue weighted by atomic mass is 9.96. The molecule has 3 aromatic carbocycles. The maximum Gasteiger partial charge on any atom is 0.213 e. The minimum absolute atomic E-state index is 0.0963. The summed E-state index contributed by atoms with van der Waals surface area (Å²) in [5.41, 5.74) is 4.14. The molecule has 0 unspecified atom stereocenters. The summed E-state index contributed by atoms with van der Waals surface area (Å²) in [7, 11) is 0. The normalized spacial score (nSPS) is 20.5.